The molecule has 150 valence electrons. The number of anilines is 1. The molecule has 1 amide bonds. The lowest BCUT2D eigenvalue weighted by Crippen LogP contribution is -2.14. The van der Waals surface area contributed by atoms with Crippen molar-refractivity contribution >= 4 is 23.2 Å². The van der Waals surface area contributed by atoms with E-state index < -0.39 is 11.7 Å². The van der Waals surface area contributed by atoms with Gasteiger partial charge in [-0.25, -0.2) is 14.1 Å². The Labute approximate surface area is 178 Å². The van der Waals surface area contributed by atoms with Gasteiger partial charge in [0, 0.05) is 16.3 Å². The lowest BCUT2D eigenvalue weighted by atomic mass is 10.1. The molecule has 1 aromatic heterocycles. The molecule has 1 N–H and O–H groups in total. The molecule has 7 heteroatoms. The molecule has 0 bridgehead atoms. The van der Waals surface area contributed by atoms with Crippen LogP contribution in [0.25, 0.3) is 17.1 Å². The van der Waals surface area contributed by atoms with Crippen LogP contribution in [0.4, 0.5) is 10.1 Å². The standard InChI is InChI=1S/C23H18ClFN4O/c1-14-9-11-16(12-10-14)22-27-21(23(30)26-18-6-3-5-17(25)13-18)28-29(22)20-8-4-7-19(24)15(20)2/h3-13H,1-2H3,(H,26,30). The Morgan fingerprint density at radius 1 is 1.03 bits per heavy atom. The number of aryl methyl sites for hydroxylation is 1. The maximum absolute atomic E-state index is 13.4. The van der Waals surface area contributed by atoms with Crippen molar-refractivity contribution in [2.75, 3.05) is 5.32 Å². The van der Waals surface area contributed by atoms with E-state index in [1.54, 1.807) is 16.8 Å². The number of carbonyl (C=O) groups excluding carboxylic acids is 1. The van der Waals surface area contributed by atoms with Crippen LogP contribution in [0.1, 0.15) is 21.7 Å². The molecule has 0 unspecified atom stereocenters. The number of aromatic nitrogens is 3. The maximum atomic E-state index is 13.4. The highest BCUT2D eigenvalue weighted by atomic mass is 35.5. The lowest BCUT2D eigenvalue weighted by Gasteiger charge is -2.10. The average molecular weight is 421 g/mol. The molecule has 0 radical (unpaired) electrons. The highest BCUT2D eigenvalue weighted by Gasteiger charge is 2.20. The predicted octanol–water partition coefficient (Wildman–Crippen LogP) is 5.60. The van der Waals surface area contributed by atoms with Crippen molar-refractivity contribution in [2.24, 2.45) is 0 Å². The lowest BCUT2D eigenvalue weighted by molar-refractivity contribution is 0.101. The minimum absolute atomic E-state index is 0.0331. The van der Waals surface area contributed by atoms with Crippen LogP contribution < -0.4 is 5.32 Å². The zero-order valence-electron chi connectivity index (χ0n) is 16.4. The summed E-state index contributed by atoms with van der Waals surface area (Å²) in [5, 5.41) is 7.66. The quantitative estimate of drug-likeness (QED) is 0.467. The second-order valence-corrected chi connectivity index (χ2v) is 7.29. The van der Waals surface area contributed by atoms with Crippen LogP contribution in [0.3, 0.4) is 0 Å². The highest BCUT2D eigenvalue weighted by molar-refractivity contribution is 6.31. The number of rotatable bonds is 4. The summed E-state index contributed by atoms with van der Waals surface area (Å²) >= 11 is 6.30. The number of hydrogen-bond donors (Lipinski definition) is 1. The van der Waals surface area contributed by atoms with Gasteiger partial charge >= 0.3 is 0 Å². The summed E-state index contributed by atoms with van der Waals surface area (Å²) in [6, 6.07) is 18.9. The smallest absolute Gasteiger partial charge is 0.295 e. The van der Waals surface area contributed by atoms with E-state index in [4.69, 9.17) is 11.6 Å². The third kappa shape index (κ3) is 3.95. The van der Waals surface area contributed by atoms with Gasteiger partial charge in [-0.1, -0.05) is 53.6 Å². The molecule has 0 atom stereocenters. The van der Waals surface area contributed by atoms with Crippen molar-refractivity contribution in [2.45, 2.75) is 13.8 Å². The highest BCUT2D eigenvalue weighted by Crippen LogP contribution is 2.27. The van der Waals surface area contributed by atoms with Crippen LogP contribution in [0.2, 0.25) is 5.02 Å². The van der Waals surface area contributed by atoms with Crippen LogP contribution in [0.5, 0.6) is 0 Å². The summed E-state index contributed by atoms with van der Waals surface area (Å²) in [5.41, 5.74) is 3.77. The molecule has 0 aliphatic heterocycles. The second kappa shape index (κ2) is 8.08. The second-order valence-electron chi connectivity index (χ2n) is 6.89. The Kier molecular flexibility index (Phi) is 5.33. The molecule has 4 aromatic rings. The van der Waals surface area contributed by atoms with Crippen molar-refractivity contribution in [3.05, 3.63) is 94.5 Å². The largest absolute Gasteiger partial charge is 0.319 e. The molecule has 0 spiro atoms. The number of nitrogens with one attached hydrogen (secondary N) is 1. The van der Waals surface area contributed by atoms with Crippen LogP contribution in [0.15, 0.2) is 66.7 Å². The van der Waals surface area contributed by atoms with Gasteiger partial charge in [0.1, 0.15) is 5.82 Å². The van der Waals surface area contributed by atoms with E-state index in [9.17, 15) is 9.18 Å². The van der Waals surface area contributed by atoms with E-state index >= 15 is 0 Å². The van der Waals surface area contributed by atoms with Crippen molar-refractivity contribution in [1.29, 1.82) is 0 Å². The fourth-order valence-corrected chi connectivity index (χ4v) is 3.21. The molecule has 4 rings (SSSR count). The first-order valence-electron chi connectivity index (χ1n) is 9.29. The minimum Gasteiger partial charge on any atom is -0.319 e. The van der Waals surface area contributed by atoms with Crippen molar-refractivity contribution in [3.63, 3.8) is 0 Å². The predicted molar refractivity (Wildman–Crippen MR) is 116 cm³/mol. The molecular weight excluding hydrogens is 403 g/mol. The van der Waals surface area contributed by atoms with Gasteiger partial charge < -0.3 is 5.32 Å². The third-order valence-electron chi connectivity index (χ3n) is 4.67. The van der Waals surface area contributed by atoms with Crippen molar-refractivity contribution in [3.8, 4) is 17.1 Å². The van der Waals surface area contributed by atoms with Gasteiger partial charge in [0.15, 0.2) is 5.82 Å². The summed E-state index contributed by atoms with van der Waals surface area (Å²) in [6.07, 6.45) is 0. The molecular formula is C23H18ClFN4O. The van der Waals surface area contributed by atoms with Crippen molar-refractivity contribution < 1.29 is 9.18 Å². The van der Waals surface area contributed by atoms with E-state index in [1.165, 1.54) is 18.2 Å². The maximum Gasteiger partial charge on any atom is 0.295 e. The topological polar surface area (TPSA) is 59.8 Å². The van der Waals surface area contributed by atoms with E-state index in [1.807, 2.05) is 50.2 Å². The molecule has 0 fully saturated rings. The molecule has 0 aliphatic carbocycles. The molecule has 30 heavy (non-hydrogen) atoms. The number of benzene rings is 3. The van der Waals surface area contributed by atoms with Crippen molar-refractivity contribution in [1.82, 2.24) is 14.8 Å². The number of nitrogens with zero attached hydrogens (tertiary/aromatic N) is 3. The molecule has 0 saturated heterocycles. The minimum atomic E-state index is -0.535. The summed E-state index contributed by atoms with van der Waals surface area (Å²) in [6.45, 7) is 3.87. The summed E-state index contributed by atoms with van der Waals surface area (Å²) in [7, 11) is 0. The summed E-state index contributed by atoms with van der Waals surface area (Å²) in [4.78, 5) is 17.2. The Hall–Kier alpha value is -3.51. The Morgan fingerprint density at radius 2 is 1.77 bits per heavy atom. The molecule has 1 heterocycles. The van der Waals surface area contributed by atoms with Gasteiger partial charge in [0.2, 0.25) is 5.82 Å². The van der Waals surface area contributed by atoms with Crippen LogP contribution in [-0.2, 0) is 0 Å². The van der Waals surface area contributed by atoms with Gasteiger partial charge in [0.05, 0.1) is 5.69 Å². The van der Waals surface area contributed by atoms with Gasteiger partial charge in [0.25, 0.3) is 5.91 Å². The fraction of sp³-hybridized carbons (Fsp3) is 0.0870. The van der Waals surface area contributed by atoms with Crippen LogP contribution in [-0.4, -0.2) is 20.7 Å². The fourth-order valence-electron chi connectivity index (χ4n) is 3.04. The number of carbonyl (C=O) groups is 1. The Bertz CT molecular complexity index is 1230. The zero-order chi connectivity index (χ0) is 21.3. The average Bonchev–Trinajstić information content (AvgIpc) is 3.16. The van der Waals surface area contributed by atoms with Gasteiger partial charge in [-0.05, 0) is 49.7 Å². The molecule has 5 nitrogen and oxygen atoms in total. The zero-order valence-corrected chi connectivity index (χ0v) is 17.1. The van der Waals surface area contributed by atoms with Gasteiger partial charge in [-0.3, -0.25) is 4.79 Å². The van der Waals surface area contributed by atoms with E-state index in [-0.39, 0.29) is 5.82 Å². The molecule has 0 saturated carbocycles. The first-order chi connectivity index (χ1) is 14.4. The van der Waals surface area contributed by atoms with E-state index in [2.05, 4.69) is 15.4 Å². The molecule has 3 aromatic carbocycles. The first kappa shape index (κ1) is 19.8. The van der Waals surface area contributed by atoms with E-state index in [0.29, 0.717) is 16.5 Å². The SMILES string of the molecule is Cc1ccc(-c2nc(C(=O)Nc3cccc(F)c3)nn2-c2cccc(Cl)c2C)cc1. The Morgan fingerprint density at radius 3 is 2.50 bits per heavy atom. The number of hydrogen-bond acceptors (Lipinski definition) is 3. The number of halogens is 2. The van der Waals surface area contributed by atoms with Crippen LogP contribution >= 0.6 is 11.6 Å². The van der Waals surface area contributed by atoms with Crippen LogP contribution in [0, 0.1) is 19.7 Å². The molecule has 0 aliphatic rings. The Balaban J connectivity index is 1.80. The summed E-state index contributed by atoms with van der Waals surface area (Å²) in [5.74, 6) is -0.507. The third-order valence-corrected chi connectivity index (χ3v) is 5.08. The van der Waals surface area contributed by atoms with E-state index in [0.717, 1.165) is 22.4 Å². The number of amides is 1. The monoisotopic (exact) mass is 420 g/mol. The van der Waals surface area contributed by atoms with Gasteiger partial charge in [-0.15, -0.1) is 5.10 Å². The normalized spacial score (nSPS) is 10.8. The van der Waals surface area contributed by atoms with Gasteiger partial charge in [-0.2, -0.15) is 0 Å². The summed E-state index contributed by atoms with van der Waals surface area (Å²) < 4.78 is 15.1. The first-order valence-corrected chi connectivity index (χ1v) is 9.66.